The Morgan fingerprint density at radius 1 is 1.44 bits per heavy atom. The Bertz CT molecular complexity index is 348. The minimum atomic E-state index is -4.42. The molecule has 0 atom stereocenters. The molecule has 94 valence electrons. The third-order valence-electron chi connectivity index (χ3n) is 1.63. The monoisotopic (exact) mass is 250 g/mol. The molecule has 0 aliphatic carbocycles. The summed E-state index contributed by atoms with van der Waals surface area (Å²) in [6.45, 7) is 4.68. The highest BCUT2D eigenvalue weighted by molar-refractivity contribution is 7.80. The molecule has 1 N–H and O–H groups in total. The molecule has 1 aromatic rings. The molecule has 16 heavy (non-hydrogen) atoms. The van der Waals surface area contributed by atoms with Crippen molar-refractivity contribution in [2.45, 2.75) is 33.2 Å². The van der Waals surface area contributed by atoms with Gasteiger partial charge in [-0.3, -0.25) is 9.17 Å². The van der Waals surface area contributed by atoms with Crippen molar-refractivity contribution in [1.82, 2.24) is 4.98 Å². The first-order valence-electron chi connectivity index (χ1n) is 5.11. The third-order valence-corrected chi connectivity index (χ3v) is 2.16. The van der Waals surface area contributed by atoms with Gasteiger partial charge in [-0.1, -0.05) is 13.3 Å². The minimum absolute atomic E-state index is 0.0914. The Kier molecular flexibility index (Phi) is 7.78. The van der Waals surface area contributed by atoms with Crippen LogP contribution in [0.2, 0.25) is 0 Å². The highest BCUT2D eigenvalue weighted by Crippen LogP contribution is 1.84. The molecule has 0 saturated carbocycles. The fraction of sp³-hybridized carbons (Fsp3) is 0.667. The Hall–Kier alpha value is -0.920. The molecular weight excluding hydrogens is 232 g/mol. The number of nitrogens with zero attached hydrogens (tertiary/aromatic N) is 1. The number of hydrogen-bond donors (Lipinski definition) is 1. The predicted octanol–water partition coefficient (Wildman–Crippen LogP) is 0.585. The molecular formula is C9H18N2O4S. The molecule has 0 fully saturated rings. The third kappa shape index (κ3) is 9.63. The minimum Gasteiger partial charge on any atom is -0.726 e. The summed E-state index contributed by atoms with van der Waals surface area (Å²) in [6, 6.07) is 0. The van der Waals surface area contributed by atoms with Gasteiger partial charge in [0.2, 0.25) is 16.7 Å². The van der Waals surface area contributed by atoms with E-state index in [0.717, 1.165) is 6.54 Å². The van der Waals surface area contributed by atoms with Gasteiger partial charge < -0.3 is 4.55 Å². The van der Waals surface area contributed by atoms with Crippen LogP contribution in [0.15, 0.2) is 18.7 Å². The van der Waals surface area contributed by atoms with Crippen LogP contribution in [0.25, 0.3) is 0 Å². The Morgan fingerprint density at radius 2 is 2.12 bits per heavy atom. The van der Waals surface area contributed by atoms with Crippen molar-refractivity contribution in [1.29, 1.82) is 0 Å². The lowest BCUT2D eigenvalue weighted by Crippen LogP contribution is -2.29. The van der Waals surface area contributed by atoms with Crippen LogP contribution in [0.3, 0.4) is 0 Å². The van der Waals surface area contributed by atoms with Crippen molar-refractivity contribution >= 4 is 10.4 Å². The molecule has 0 aromatic carbocycles. The van der Waals surface area contributed by atoms with Gasteiger partial charge in [0, 0.05) is 0 Å². The largest absolute Gasteiger partial charge is 0.726 e. The molecule has 1 aromatic heterocycles. The molecule has 0 radical (unpaired) electrons. The van der Waals surface area contributed by atoms with E-state index >= 15 is 0 Å². The van der Waals surface area contributed by atoms with Crippen molar-refractivity contribution in [2.24, 2.45) is 0 Å². The average molecular weight is 250 g/mol. The summed E-state index contributed by atoms with van der Waals surface area (Å²) in [5.74, 6) is 0. The van der Waals surface area contributed by atoms with Gasteiger partial charge in [0.15, 0.2) is 0 Å². The lowest BCUT2D eigenvalue weighted by molar-refractivity contribution is -0.696. The van der Waals surface area contributed by atoms with Crippen LogP contribution < -0.4 is 4.57 Å². The number of rotatable bonds is 5. The topological polar surface area (TPSA) is 86.1 Å². The highest BCUT2D eigenvalue weighted by atomic mass is 32.3. The van der Waals surface area contributed by atoms with E-state index in [1.807, 2.05) is 12.5 Å². The number of unbranched alkanes of at least 4 members (excludes halogenated alkanes) is 1. The number of imidazole rings is 1. The zero-order chi connectivity index (χ0) is 12.4. The van der Waals surface area contributed by atoms with Crippen LogP contribution in [0.4, 0.5) is 0 Å². The van der Waals surface area contributed by atoms with Gasteiger partial charge in [-0.05, 0) is 13.3 Å². The fourth-order valence-electron chi connectivity index (χ4n) is 0.945. The van der Waals surface area contributed by atoms with E-state index < -0.39 is 10.4 Å². The molecule has 0 aliphatic rings. The summed E-state index contributed by atoms with van der Waals surface area (Å²) >= 11 is 0. The molecule has 0 amide bonds. The summed E-state index contributed by atoms with van der Waals surface area (Å²) in [5.41, 5.74) is 0. The molecule has 6 nitrogen and oxygen atoms in total. The molecule has 0 saturated heterocycles. The number of H-pyrrole nitrogens is 1. The summed E-state index contributed by atoms with van der Waals surface area (Å²) in [5, 5.41) is 0. The van der Waals surface area contributed by atoms with Gasteiger partial charge >= 0.3 is 0 Å². The highest BCUT2D eigenvalue weighted by Gasteiger charge is 1.92. The average Bonchev–Trinajstić information content (AvgIpc) is 2.66. The van der Waals surface area contributed by atoms with Gasteiger partial charge in [-0.2, -0.15) is 0 Å². The van der Waals surface area contributed by atoms with Crippen LogP contribution >= 0.6 is 0 Å². The van der Waals surface area contributed by atoms with Crippen LogP contribution in [0.1, 0.15) is 26.7 Å². The Morgan fingerprint density at radius 3 is 2.44 bits per heavy atom. The Balaban J connectivity index is 0.000000293. The molecule has 7 heteroatoms. The first-order valence-corrected chi connectivity index (χ1v) is 6.45. The quantitative estimate of drug-likeness (QED) is 0.470. The van der Waals surface area contributed by atoms with Crippen molar-refractivity contribution in [3.05, 3.63) is 18.7 Å². The molecule has 0 unspecified atom stereocenters. The van der Waals surface area contributed by atoms with Crippen molar-refractivity contribution in [3.8, 4) is 0 Å². The van der Waals surface area contributed by atoms with Gasteiger partial charge in [0.05, 0.1) is 13.2 Å². The van der Waals surface area contributed by atoms with E-state index in [1.54, 1.807) is 0 Å². The molecule has 0 aliphatic heterocycles. The predicted molar refractivity (Wildman–Crippen MR) is 57.2 cm³/mol. The number of aromatic amines is 1. The lowest BCUT2D eigenvalue weighted by Gasteiger charge is -2.02. The maximum atomic E-state index is 9.45. The van der Waals surface area contributed by atoms with E-state index in [2.05, 4.69) is 26.9 Å². The van der Waals surface area contributed by atoms with Gasteiger partial charge in [0.1, 0.15) is 12.4 Å². The maximum absolute atomic E-state index is 9.45. The van der Waals surface area contributed by atoms with Crippen LogP contribution in [-0.4, -0.2) is 24.6 Å². The summed E-state index contributed by atoms with van der Waals surface area (Å²) in [7, 11) is -4.42. The van der Waals surface area contributed by atoms with E-state index in [1.165, 1.54) is 19.8 Å². The molecule has 0 bridgehead atoms. The SMILES string of the molecule is CCCC[n+]1cc[nH]c1.CCOS(=O)(=O)[O-]. The second-order valence-corrected chi connectivity index (χ2v) is 4.07. The summed E-state index contributed by atoms with van der Waals surface area (Å²) in [4.78, 5) is 3.00. The summed E-state index contributed by atoms with van der Waals surface area (Å²) in [6.07, 6.45) is 8.50. The van der Waals surface area contributed by atoms with Crippen molar-refractivity contribution < 1.29 is 21.7 Å². The second-order valence-electron chi connectivity index (χ2n) is 3.02. The second kappa shape index (κ2) is 8.26. The normalized spacial score (nSPS) is 10.7. The molecule has 0 spiro atoms. The maximum Gasteiger partial charge on any atom is 0.241 e. The smallest absolute Gasteiger partial charge is 0.241 e. The van der Waals surface area contributed by atoms with Crippen molar-refractivity contribution in [3.63, 3.8) is 0 Å². The zero-order valence-electron chi connectivity index (χ0n) is 9.55. The fourth-order valence-corrected chi connectivity index (χ4v) is 1.23. The van der Waals surface area contributed by atoms with E-state index in [4.69, 9.17) is 0 Å². The van der Waals surface area contributed by atoms with Crippen LogP contribution in [0, 0.1) is 0 Å². The van der Waals surface area contributed by atoms with Crippen LogP contribution in [-0.2, 0) is 21.1 Å². The number of aryl methyl sites for hydroxylation is 1. The van der Waals surface area contributed by atoms with E-state index in [0.29, 0.717) is 0 Å². The zero-order valence-corrected chi connectivity index (χ0v) is 10.4. The first kappa shape index (κ1) is 15.1. The van der Waals surface area contributed by atoms with Gasteiger partial charge in [-0.15, -0.1) is 0 Å². The standard InChI is InChI=1S/C7H12N2.C2H6O4S/c1-2-3-5-9-6-4-8-7-9;1-2-6-7(3,4)5/h4,6-7H,2-3,5H2,1H3;2H2,1H3,(H,3,4,5). The van der Waals surface area contributed by atoms with Crippen LogP contribution in [0.5, 0.6) is 0 Å². The lowest BCUT2D eigenvalue weighted by atomic mass is 10.3. The number of aromatic nitrogens is 2. The van der Waals surface area contributed by atoms with E-state index in [9.17, 15) is 13.0 Å². The van der Waals surface area contributed by atoms with E-state index in [-0.39, 0.29) is 6.61 Å². The number of hydrogen-bond acceptors (Lipinski definition) is 4. The van der Waals surface area contributed by atoms with Gasteiger partial charge in [-0.25, -0.2) is 13.0 Å². The van der Waals surface area contributed by atoms with Gasteiger partial charge in [0.25, 0.3) is 0 Å². The Labute approximate surface area is 96.2 Å². The first-order chi connectivity index (χ1) is 7.49. The molecule has 1 rings (SSSR count). The van der Waals surface area contributed by atoms with Crippen molar-refractivity contribution in [2.75, 3.05) is 6.61 Å². The number of nitrogens with one attached hydrogen (secondary N) is 1. The molecule has 1 heterocycles. The summed E-state index contributed by atoms with van der Waals surface area (Å²) < 4.78 is 34.2.